The van der Waals surface area contributed by atoms with Crippen LogP contribution in [0.1, 0.15) is 13.3 Å². The van der Waals surface area contributed by atoms with E-state index >= 15 is 0 Å². The van der Waals surface area contributed by atoms with Crippen LogP contribution in [0.25, 0.3) is 0 Å². The normalized spacial score (nSPS) is 20.6. The number of rotatable bonds is 1. The van der Waals surface area contributed by atoms with E-state index in [0.29, 0.717) is 6.04 Å². The topological polar surface area (TPSA) is 12.0 Å². The minimum absolute atomic E-state index is 0.593. The lowest BCUT2D eigenvalue weighted by Gasteiger charge is -2.25. The molecule has 1 N–H and O–H groups in total. The van der Waals surface area contributed by atoms with Crippen molar-refractivity contribution in [2.45, 2.75) is 24.3 Å². The second-order valence-electron chi connectivity index (χ2n) is 3.20. The van der Waals surface area contributed by atoms with Gasteiger partial charge in [0, 0.05) is 27.4 Å². The number of benzene rings is 1. The molecule has 1 aliphatic rings. The molecular weight excluding hydrogens is 202 g/mol. The lowest BCUT2D eigenvalue weighted by molar-refractivity contribution is 0.764. The molecule has 1 aliphatic heterocycles. The molecule has 0 saturated carbocycles. The predicted octanol–water partition coefficient (Wildman–Crippen LogP) is 3.64. The quantitative estimate of drug-likeness (QED) is 0.765. The smallest absolute Gasteiger partial charge is 0.0495 e. The zero-order chi connectivity index (χ0) is 9.26. The van der Waals surface area contributed by atoms with E-state index in [1.807, 2.05) is 23.9 Å². The molecule has 13 heavy (non-hydrogen) atoms. The molecule has 1 heterocycles. The van der Waals surface area contributed by atoms with Crippen molar-refractivity contribution in [1.29, 1.82) is 0 Å². The van der Waals surface area contributed by atoms with Gasteiger partial charge in [0.15, 0.2) is 0 Å². The van der Waals surface area contributed by atoms with E-state index in [0.717, 1.165) is 10.8 Å². The van der Waals surface area contributed by atoms with Crippen molar-refractivity contribution in [2.75, 3.05) is 11.1 Å². The lowest BCUT2D eigenvalue weighted by Crippen LogP contribution is -2.24. The van der Waals surface area contributed by atoms with Crippen molar-refractivity contribution in [3.05, 3.63) is 23.2 Å². The van der Waals surface area contributed by atoms with E-state index in [9.17, 15) is 0 Å². The maximum atomic E-state index is 5.92. The third kappa shape index (κ3) is 1.94. The summed E-state index contributed by atoms with van der Waals surface area (Å²) in [6.07, 6.45) is 1.17. The second-order valence-corrected chi connectivity index (χ2v) is 4.70. The molecule has 70 valence electrons. The fraction of sp³-hybridized carbons (Fsp3) is 0.400. The summed E-state index contributed by atoms with van der Waals surface area (Å²) >= 11 is 7.83. The number of fused-ring (bicyclic) bond motifs is 1. The molecule has 1 nitrogen and oxygen atoms in total. The van der Waals surface area contributed by atoms with Crippen molar-refractivity contribution >= 4 is 29.1 Å². The SMILES string of the molecule is CCC1CSc2ccc(Cl)cc2N1. The Hall–Kier alpha value is -0.340. The highest BCUT2D eigenvalue weighted by Crippen LogP contribution is 2.35. The molecule has 3 heteroatoms. The van der Waals surface area contributed by atoms with E-state index in [-0.39, 0.29) is 0 Å². The van der Waals surface area contributed by atoms with Crippen molar-refractivity contribution in [3.63, 3.8) is 0 Å². The van der Waals surface area contributed by atoms with E-state index in [2.05, 4.69) is 18.3 Å². The van der Waals surface area contributed by atoms with Crippen molar-refractivity contribution < 1.29 is 0 Å². The summed E-state index contributed by atoms with van der Waals surface area (Å²) in [5.41, 5.74) is 1.19. The molecule has 0 aliphatic carbocycles. The number of hydrogen-bond donors (Lipinski definition) is 1. The molecule has 1 aromatic rings. The van der Waals surface area contributed by atoms with Gasteiger partial charge in [-0.1, -0.05) is 18.5 Å². The highest BCUT2D eigenvalue weighted by Gasteiger charge is 2.16. The number of anilines is 1. The Morgan fingerprint density at radius 2 is 2.46 bits per heavy atom. The molecular formula is C10H12ClNS. The van der Waals surface area contributed by atoms with Crippen LogP contribution in [0.5, 0.6) is 0 Å². The minimum atomic E-state index is 0.593. The van der Waals surface area contributed by atoms with Crippen molar-refractivity contribution in [1.82, 2.24) is 0 Å². The number of halogens is 1. The highest BCUT2D eigenvalue weighted by atomic mass is 35.5. The van der Waals surface area contributed by atoms with Gasteiger partial charge < -0.3 is 5.32 Å². The van der Waals surface area contributed by atoms with Crippen LogP contribution < -0.4 is 5.32 Å². The van der Waals surface area contributed by atoms with Gasteiger partial charge in [0.25, 0.3) is 0 Å². The average Bonchev–Trinajstić information content (AvgIpc) is 2.16. The minimum Gasteiger partial charge on any atom is -0.381 e. The van der Waals surface area contributed by atoms with Gasteiger partial charge >= 0.3 is 0 Å². The number of nitrogens with one attached hydrogen (secondary N) is 1. The Morgan fingerprint density at radius 3 is 3.23 bits per heavy atom. The molecule has 0 bridgehead atoms. The third-order valence-electron chi connectivity index (χ3n) is 2.23. The maximum absolute atomic E-state index is 5.92. The molecule has 1 atom stereocenters. The largest absolute Gasteiger partial charge is 0.381 e. The van der Waals surface area contributed by atoms with Crippen LogP contribution in [-0.2, 0) is 0 Å². The van der Waals surface area contributed by atoms with Gasteiger partial charge in [-0.3, -0.25) is 0 Å². The highest BCUT2D eigenvalue weighted by molar-refractivity contribution is 7.99. The first-order chi connectivity index (χ1) is 6.29. The van der Waals surface area contributed by atoms with Crippen LogP contribution in [0.3, 0.4) is 0 Å². The molecule has 0 fully saturated rings. The number of thioether (sulfide) groups is 1. The van der Waals surface area contributed by atoms with Crippen LogP contribution in [0.4, 0.5) is 5.69 Å². The Balaban J connectivity index is 2.27. The summed E-state index contributed by atoms with van der Waals surface area (Å²) in [4.78, 5) is 1.31. The van der Waals surface area contributed by atoms with Gasteiger partial charge in [-0.05, 0) is 24.6 Å². The molecule has 2 rings (SSSR count). The van der Waals surface area contributed by atoms with Crippen molar-refractivity contribution in [2.24, 2.45) is 0 Å². The van der Waals surface area contributed by atoms with Crippen LogP contribution in [0.2, 0.25) is 5.02 Å². The first-order valence-electron chi connectivity index (χ1n) is 4.48. The predicted molar refractivity (Wildman–Crippen MR) is 59.9 cm³/mol. The van der Waals surface area contributed by atoms with Crippen molar-refractivity contribution in [3.8, 4) is 0 Å². The molecule has 1 unspecified atom stereocenters. The first-order valence-corrected chi connectivity index (χ1v) is 5.85. The second kappa shape index (κ2) is 3.81. The van der Waals surface area contributed by atoms with Gasteiger partial charge in [0.1, 0.15) is 0 Å². The van der Waals surface area contributed by atoms with Crippen LogP contribution >= 0.6 is 23.4 Å². The fourth-order valence-electron chi connectivity index (χ4n) is 1.41. The summed E-state index contributed by atoms with van der Waals surface area (Å²) in [7, 11) is 0. The number of hydrogen-bond acceptors (Lipinski definition) is 2. The molecule has 1 aromatic carbocycles. The fourth-order valence-corrected chi connectivity index (χ4v) is 2.72. The lowest BCUT2D eigenvalue weighted by atomic mass is 10.2. The van der Waals surface area contributed by atoms with Gasteiger partial charge in [-0.2, -0.15) is 0 Å². The zero-order valence-electron chi connectivity index (χ0n) is 7.51. The van der Waals surface area contributed by atoms with Crippen LogP contribution in [0.15, 0.2) is 23.1 Å². The summed E-state index contributed by atoms with van der Waals surface area (Å²) in [6, 6.07) is 6.63. The standard InChI is InChI=1S/C10H12ClNS/c1-2-8-6-13-10-4-3-7(11)5-9(10)12-8/h3-5,8,12H,2,6H2,1H3. The molecule has 0 aromatic heterocycles. The molecule has 0 saturated heterocycles. The van der Waals surface area contributed by atoms with Crippen LogP contribution in [0, 0.1) is 0 Å². The summed E-state index contributed by atoms with van der Waals surface area (Å²) in [5.74, 6) is 1.16. The van der Waals surface area contributed by atoms with Gasteiger partial charge in [-0.25, -0.2) is 0 Å². The van der Waals surface area contributed by atoms with Gasteiger partial charge in [-0.15, -0.1) is 11.8 Å². The summed E-state index contributed by atoms with van der Waals surface area (Å²) in [6.45, 7) is 2.20. The first kappa shape index (κ1) is 9.22. The summed E-state index contributed by atoms with van der Waals surface area (Å²) < 4.78 is 0. The molecule has 0 spiro atoms. The summed E-state index contributed by atoms with van der Waals surface area (Å²) in [5, 5.41) is 4.29. The van der Waals surface area contributed by atoms with E-state index in [1.54, 1.807) is 0 Å². The van der Waals surface area contributed by atoms with E-state index < -0.39 is 0 Å². The average molecular weight is 214 g/mol. The third-order valence-corrected chi connectivity index (χ3v) is 3.71. The Morgan fingerprint density at radius 1 is 1.62 bits per heavy atom. The Kier molecular flexibility index (Phi) is 2.70. The maximum Gasteiger partial charge on any atom is 0.0495 e. The van der Waals surface area contributed by atoms with Gasteiger partial charge in [0.05, 0.1) is 0 Å². The molecule has 0 radical (unpaired) electrons. The Labute approximate surface area is 87.9 Å². The van der Waals surface area contributed by atoms with E-state index in [4.69, 9.17) is 11.6 Å². The molecule has 0 amide bonds. The van der Waals surface area contributed by atoms with Crippen LogP contribution in [-0.4, -0.2) is 11.8 Å². The Bertz CT molecular complexity index is 314. The van der Waals surface area contributed by atoms with E-state index in [1.165, 1.54) is 17.0 Å². The monoisotopic (exact) mass is 213 g/mol. The zero-order valence-corrected chi connectivity index (χ0v) is 9.08. The van der Waals surface area contributed by atoms with Gasteiger partial charge in [0.2, 0.25) is 0 Å².